The van der Waals surface area contributed by atoms with Crippen LogP contribution in [0.2, 0.25) is 0 Å². The molecule has 3 rings (SSSR count). The summed E-state index contributed by atoms with van der Waals surface area (Å²) in [4.78, 5) is 8.40. The molecular formula is C16H23N3. The zero-order chi connectivity index (χ0) is 13.5. The van der Waals surface area contributed by atoms with Gasteiger partial charge in [-0.05, 0) is 29.9 Å². The van der Waals surface area contributed by atoms with Crippen LogP contribution >= 0.6 is 0 Å². The standard InChI is InChI=1S/C16H23N3/c1-16(2)9-4-3-7-12(16)15-18-13-8-5-6-11(10-17)14(13)19-15/h5-6,8,12H,3-4,7,9-10,17H2,1-2H3,(H,18,19). The number of rotatable bonds is 2. The van der Waals surface area contributed by atoms with Crippen molar-refractivity contribution in [1.29, 1.82) is 0 Å². The van der Waals surface area contributed by atoms with E-state index < -0.39 is 0 Å². The van der Waals surface area contributed by atoms with Crippen LogP contribution < -0.4 is 5.73 Å². The highest BCUT2D eigenvalue weighted by Crippen LogP contribution is 2.46. The summed E-state index contributed by atoms with van der Waals surface area (Å²) >= 11 is 0. The molecule has 1 aliphatic carbocycles. The first-order valence-corrected chi connectivity index (χ1v) is 7.29. The lowest BCUT2D eigenvalue weighted by Gasteiger charge is -2.37. The summed E-state index contributed by atoms with van der Waals surface area (Å²) in [5.41, 5.74) is 9.46. The second-order valence-electron chi connectivity index (χ2n) is 6.43. The van der Waals surface area contributed by atoms with Gasteiger partial charge >= 0.3 is 0 Å². The number of para-hydroxylation sites is 1. The van der Waals surface area contributed by atoms with Gasteiger partial charge in [0.1, 0.15) is 5.82 Å². The van der Waals surface area contributed by atoms with Crippen molar-refractivity contribution < 1.29 is 0 Å². The molecule has 2 aromatic rings. The van der Waals surface area contributed by atoms with E-state index in [0.29, 0.717) is 17.9 Å². The second kappa shape index (κ2) is 4.64. The first-order chi connectivity index (χ1) is 9.12. The number of benzene rings is 1. The Morgan fingerprint density at radius 3 is 2.95 bits per heavy atom. The highest BCUT2D eigenvalue weighted by Gasteiger charge is 2.35. The van der Waals surface area contributed by atoms with Crippen molar-refractivity contribution in [2.45, 2.75) is 52.0 Å². The number of nitrogens with zero attached hydrogens (tertiary/aromatic N) is 1. The average Bonchev–Trinajstić information content (AvgIpc) is 2.81. The minimum absolute atomic E-state index is 0.342. The molecule has 0 amide bonds. The van der Waals surface area contributed by atoms with E-state index in [4.69, 9.17) is 10.7 Å². The summed E-state index contributed by atoms with van der Waals surface area (Å²) < 4.78 is 0. The van der Waals surface area contributed by atoms with E-state index in [-0.39, 0.29) is 0 Å². The molecule has 1 saturated carbocycles. The number of hydrogen-bond donors (Lipinski definition) is 2. The average molecular weight is 257 g/mol. The van der Waals surface area contributed by atoms with Gasteiger partial charge in [-0.1, -0.05) is 38.8 Å². The fraction of sp³-hybridized carbons (Fsp3) is 0.562. The Morgan fingerprint density at radius 2 is 2.21 bits per heavy atom. The predicted octanol–water partition coefficient (Wildman–Crippen LogP) is 3.71. The first kappa shape index (κ1) is 12.7. The molecule has 3 heteroatoms. The number of hydrogen-bond acceptors (Lipinski definition) is 2. The molecule has 0 saturated heterocycles. The Labute approximate surface area is 114 Å². The highest BCUT2D eigenvalue weighted by molar-refractivity contribution is 5.78. The van der Waals surface area contributed by atoms with Crippen molar-refractivity contribution in [3.05, 3.63) is 29.6 Å². The quantitative estimate of drug-likeness (QED) is 0.861. The van der Waals surface area contributed by atoms with Gasteiger partial charge in [0, 0.05) is 12.5 Å². The summed E-state index contributed by atoms with van der Waals surface area (Å²) in [6.45, 7) is 5.29. The van der Waals surface area contributed by atoms with Gasteiger partial charge < -0.3 is 10.7 Å². The summed E-state index contributed by atoms with van der Waals surface area (Å²) in [6, 6.07) is 6.22. The molecule has 1 heterocycles. The molecule has 1 aromatic heterocycles. The minimum atomic E-state index is 0.342. The first-order valence-electron chi connectivity index (χ1n) is 7.29. The Kier molecular flexibility index (Phi) is 3.09. The maximum atomic E-state index is 5.80. The maximum Gasteiger partial charge on any atom is 0.110 e. The van der Waals surface area contributed by atoms with Gasteiger partial charge in [-0.25, -0.2) is 4.98 Å². The molecule has 1 atom stereocenters. The lowest BCUT2D eigenvalue weighted by atomic mass is 9.68. The molecule has 1 aromatic carbocycles. The summed E-state index contributed by atoms with van der Waals surface area (Å²) in [5, 5.41) is 0. The smallest absolute Gasteiger partial charge is 0.110 e. The van der Waals surface area contributed by atoms with E-state index in [0.717, 1.165) is 22.4 Å². The van der Waals surface area contributed by atoms with Crippen LogP contribution in [-0.4, -0.2) is 9.97 Å². The Hall–Kier alpha value is -1.35. The van der Waals surface area contributed by atoms with Crippen molar-refractivity contribution in [1.82, 2.24) is 9.97 Å². The minimum Gasteiger partial charge on any atom is -0.342 e. The number of H-pyrrole nitrogens is 1. The molecule has 1 fully saturated rings. The Bertz CT molecular complexity index is 583. The molecular weight excluding hydrogens is 234 g/mol. The number of fused-ring (bicyclic) bond motifs is 1. The van der Waals surface area contributed by atoms with Crippen LogP contribution in [0.1, 0.15) is 56.8 Å². The number of imidazole rings is 1. The molecule has 0 aliphatic heterocycles. The van der Waals surface area contributed by atoms with Crippen LogP contribution in [0.3, 0.4) is 0 Å². The maximum absolute atomic E-state index is 5.80. The van der Waals surface area contributed by atoms with Crippen molar-refractivity contribution in [3.63, 3.8) is 0 Å². The summed E-state index contributed by atoms with van der Waals surface area (Å²) in [7, 11) is 0. The third-order valence-electron chi connectivity index (χ3n) is 4.67. The third kappa shape index (κ3) is 2.16. The largest absolute Gasteiger partial charge is 0.342 e. The lowest BCUT2D eigenvalue weighted by molar-refractivity contribution is 0.193. The fourth-order valence-corrected chi connectivity index (χ4v) is 3.44. The predicted molar refractivity (Wildman–Crippen MR) is 79.0 cm³/mol. The van der Waals surface area contributed by atoms with Gasteiger partial charge in [0.05, 0.1) is 11.0 Å². The summed E-state index contributed by atoms with van der Waals surface area (Å²) in [5.74, 6) is 1.69. The number of aromatic amines is 1. The Morgan fingerprint density at radius 1 is 1.37 bits per heavy atom. The number of nitrogens with two attached hydrogens (primary N) is 1. The molecule has 0 radical (unpaired) electrons. The van der Waals surface area contributed by atoms with Crippen molar-refractivity contribution in [2.75, 3.05) is 0 Å². The number of nitrogens with one attached hydrogen (secondary N) is 1. The highest BCUT2D eigenvalue weighted by atomic mass is 14.9. The molecule has 3 N–H and O–H groups in total. The molecule has 3 nitrogen and oxygen atoms in total. The molecule has 1 unspecified atom stereocenters. The van der Waals surface area contributed by atoms with E-state index in [1.165, 1.54) is 25.7 Å². The van der Waals surface area contributed by atoms with Gasteiger partial charge in [-0.3, -0.25) is 0 Å². The fourth-order valence-electron chi connectivity index (χ4n) is 3.44. The van der Waals surface area contributed by atoms with Crippen LogP contribution in [0.25, 0.3) is 11.0 Å². The third-order valence-corrected chi connectivity index (χ3v) is 4.67. The monoisotopic (exact) mass is 257 g/mol. The molecule has 1 aliphatic rings. The molecule has 0 bridgehead atoms. The van der Waals surface area contributed by atoms with E-state index >= 15 is 0 Å². The molecule has 0 spiro atoms. The van der Waals surface area contributed by atoms with Gasteiger partial charge in [0.15, 0.2) is 0 Å². The van der Waals surface area contributed by atoms with E-state index in [1.54, 1.807) is 0 Å². The second-order valence-corrected chi connectivity index (χ2v) is 6.43. The van der Waals surface area contributed by atoms with Gasteiger partial charge in [0.2, 0.25) is 0 Å². The van der Waals surface area contributed by atoms with Crippen LogP contribution in [0, 0.1) is 5.41 Å². The van der Waals surface area contributed by atoms with Gasteiger partial charge in [-0.2, -0.15) is 0 Å². The molecule has 19 heavy (non-hydrogen) atoms. The summed E-state index contributed by atoms with van der Waals surface area (Å²) in [6.07, 6.45) is 5.19. The number of aromatic nitrogens is 2. The topological polar surface area (TPSA) is 54.7 Å². The van der Waals surface area contributed by atoms with E-state index in [1.807, 2.05) is 0 Å². The van der Waals surface area contributed by atoms with Crippen molar-refractivity contribution >= 4 is 11.0 Å². The van der Waals surface area contributed by atoms with Gasteiger partial charge in [-0.15, -0.1) is 0 Å². The SMILES string of the molecule is CC1(C)CCCCC1c1nc2c(CN)cccc2[nH]1. The van der Waals surface area contributed by atoms with Crippen LogP contribution in [-0.2, 0) is 6.54 Å². The Balaban J connectivity index is 2.05. The normalized spacial score (nSPS) is 22.8. The lowest BCUT2D eigenvalue weighted by Crippen LogP contribution is -2.26. The molecule has 102 valence electrons. The van der Waals surface area contributed by atoms with Crippen molar-refractivity contribution in [3.8, 4) is 0 Å². The van der Waals surface area contributed by atoms with Crippen LogP contribution in [0.5, 0.6) is 0 Å². The van der Waals surface area contributed by atoms with Crippen molar-refractivity contribution in [2.24, 2.45) is 11.1 Å². The zero-order valence-corrected chi connectivity index (χ0v) is 11.9. The van der Waals surface area contributed by atoms with Crippen LogP contribution in [0.15, 0.2) is 18.2 Å². The van der Waals surface area contributed by atoms with E-state index in [9.17, 15) is 0 Å². The van der Waals surface area contributed by atoms with Crippen LogP contribution in [0.4, 0.5) is 0 Å². The van der Waals surface area contributed by atoms with E-state index in [2.05, 4.69) is 37.0 Å². The van der Waals surface area contributed by atoms with Gasteiger partial charge in [0.25, 0.3) is 0 Å². The zero-order valence-electron chi connectivity index (χ0n) is 11.9.